The molecule has 3 aromatic rings. The van der Waals surface area contributed by atoms with Gasteiger partial charge in [-0.25, -0.2) is 15.0 Å². The summed E-state index contributed by atoms with van der Waals surface area (Å²) in [6.07, 6.45) is 7.83. The lowest BCUT2D eigenvalue weighted by Gasteiger charge is -2.15. The van der Waals surface area contributed by atoms with Crippen molar-refractivity contribution in [3.8, 4) is 0 Å². The molecule has 0 N–H and O–H groups in total. The van der Waals surface area contributed by atoms with E-state index in [4.69, 9.17) is 4.74 Å². The highest BCUT2D eigenvalue weighted by Crippen LogP contribution is 2.15. The van der Waals surface area contributed by atoms with E-state index in [1.165, 1.54) is 0 Å². The van der Waals surface area contributed by atoms with Gasteiger partial charge in [-0.05, 0) is 54.0 Å². The highest BCUT2D eigenvalue weighted by atomic mass is 79.9. The van der Waals surface area contributed by atoms with Gasteiger partial charge >= 0.3 is 0 Å². The predicted molar refractivity (Wildman–Crippen MR) is 115 cm³/mol. The van der Waals surface area contributed by atoms with E-state index in [2.05, 4.69) is 57.4 Å². The summed E-state index contributed by atoms with van der Waals surface area (Å²) in [5, 5.41) is 0. The minimum atomic E-state index is -1.08. The maximum atomic E-state index is 5.85. The van der Waals surface area contributed by atoms with Crippen molar-refractivity contribution in [2.75, 3.05) is 6.61 Å². The number of fused-ring (bicyclic) bond motifs is 1. The van der Waals surface area contributed by atoms with E-state index in [1.807, 2.05) is 46.5 Å². The lowest BCUT2D eigenvalue weighted by molar-refractivity contribution is 0.0867. The number of rotatable bonds is 7. The SMILES string of the molecule is Cc1cc(C)n2cc(/C=C/c3nc(Br)cn3COCC[Si](C)(C)C)nc2n1. The quantitative estimate of drug-likeness (QED) is 0.385. The number of hydrogen-bond donors (Lipinski definition) is 0. The number of aromatic nitrogens is 5. The Kier molecular flexibility index (Phi) is 5.98. The molecule has 0 unspecified atom stereocenters. The van der Waals surface area contributed by atoms with Crippen molar-refractivity contribution < 1.29 is 4.74 Å². The molecule has 0 aliphatic carbocycles. The standard InChI is InChI=1S/C19H26BrN5OSi/c1-14-10-15(2)25-11-16(22-19(25)21-14)6-7-18-23-17(20)12-24(18)13-26-8-9-27(3,4)5/h6-7,10-12H,8-9,13H2,1-5H3/b7-6+. The molecule has 0 fully saturated rings. The Hall–Kier alpha value is -1.77. The lowest BCUT2D eigenvalue weighted by atomic mass is 10.3. The molecular formula is C19H26BrN5OSi. The zero-order valence-corrected chi connectivity index (χ0v) is 19.1. The number of ether oxygens (including phenoxy) is 1. The summed E-state index contributed by atoms with van der Waals surface area (Å²) in [6.45, 7) is 12.4. The second-order valence-corrected chi connectivity index (χ2v) is 14.4. The van der Waals surface area contributed by atoms with Crippen molar-refractivity contribution >= 4 is 41.9 Å². The first-order valence-corrected chi connectivity index (χ1v) is 13.5. The molecule has 0 radical (unpaired) electrons. The van der Waals surface area contributed by atoms with Gasteiger partial charge in [-0.15, -0.1) is 0 Å². The first-order chi connectivity index (χ1) is 12.7. The zero-order chi connectivity index (χ0) is 19.6. The second-order valence-electron chi connectivity index (χ2n) is 7.95. The van der Waals surface area contributed by atoms with Gasteiger partial charge in [-0.3, -0.25) is 4.40 Å². The fraction of sp³-hybridized carbons (Fsp3) is 0.421. The maximum absolute atomic E-state index is 5.85. The average molecular weight is 448 g/mol. The topological polar surface area (TPSA) is 57.2 Å². The Labute approximate surface area is 169 Å². The van der Waals surface area contributed by atoms with E-state index >= 15 is 0 Å². The van der Waals surface area contributed by atoms with Crippen molar-refractivity contribution in [2.24, 2.45) is 0 Å². The molecule has 0 aliphatic rings. The van der Waals surface area contributed by atoms with Gasteiger partial charge in [0, 0.05) is 38.5 Å². The van der Waals surface area contributed by atoms with Gasteiger partial charge in [-0.2, -0.15) is 0 Å². The molecule has 0 bridgehead atoms. The molecule has 0 aliphatic heterocycles. The molecule has 0 spiro atoms. The van der Waals surface area contributed by atoms with Gasteiger partial charge in [0.05, 0.1) is 5.69 Å². The molecule has 0 saturated carbocycles. The van der Waals surface area contributed by atoms with E-state index in [9.17, 15) is 0 Å². The monoisotopic (exact) mass is 447 g/mol. The Balaban J connectivity index is 1.73. The van der Waals surface area contributed by atoms with E-state index in [0.29, 0.717) is 12.5 Å². The van der Waals surface area contributed by atoms with Gasteiger partial charge in [-0.1, -0.05) is 19.6 Å². The lowest BCUT2D eigenvalue weighted by Crippen LogP contribution is -2.22. The summed E-state index contributed by atoms with van der Waals surface area (Å²) in [6, 6.07) is 3.20. The third kappa shape index (κ3) is 5.37. The van der Waals surface area contributed by atoms with Crippen LogP contribution in [0.25, 0.3) is 17.9 Å². The minimum Gasteiger partial charge on any atom is -0.361 e. The zero-order valence-electron chi connectivity index (χ0n) is 16.5. The Morgan fingerprint density at radius 2 is 1.89 bits per heavy atom. The molecule has 0 aromatic carbocycles. The number of aryl methyl sites for hydroxylation is 2. The van der Waals surface area contributed by atoms with Crippen LogP contribution in [0.15, 0.2) is 23.1 Å². The Morgan fingerprint density at radius 3 is 2.63 bits per heavy atom. The van der Waals surface area contributed by atoms with E-state index in [-0.39, 0.29) is 0 Å². The second kappa shape index (κ2) is 8.08. The first kappa shape index (κ1) is 20.0. The molecule has 27 heavy (non-hydrogen) atoms. The molecule has 6 nitrogen and oxygen atoms in total. The summed E-state index contributed by atoms with van der Waals surface area (Å²) >= 11 is 3.45. The van der Waals surface area contributed by atoms with Crippen LogP contribution in [0.1, 0.15) is 22.9 Å². The summed E-state index contributed by atoms with van der Waals surface area (Å²) < 4.78 is 10.6. The van der Waals surface area contributed by atoms with Crippen molar-refractivity contribution in [2.45, 2.75) is 46.3 Å². The first-order valence-electron chi connectivity index (χ1n) is 9.03. The molecule has 8 heteroatoms. The summed E-state index contributed by atoms with van der Waals surface area (Å²) in [7, 11) is -1.08. The number of nitrogens with zero attached hydrogens (tertiary/aromatic N) is 5. The van der Waals surface area contributed by atoms with Crippen LogP contribution in [0.4, 0.5) is 0 Å². The molecule has 3 aromatic heterocycles. The van der Waals surface area contributed by atoms with Crippen LogP contribution in [-0.2, 0) is 11.5 Å². The third-order valence-corrected chi connectivity index (χ3v) is 6.27. The van der Waals surface area contributed by atoms with Crippen LogP contribution in [0.3, 0.4) is 0 Å². The largest absolute Gasteiger partial charge is 0.361 e. The van der Waals surface area contributed by atoms with E-state index in [0.717, 1.165) is 40.2 Å². The average Bonchev–Trinajstić information content (AvgIpc) is 3.11. The highest BCUT2D eigenvalue weighted by Gasteiger charge is 2.12. The molecule has 0 saturated heterocycles. The van der Waals surface area contributed by atoms with Crippen LogP contribution >= 0.6 is 15.9 Å². The number of halogens is 1. The third-order valence-electron chi connectivity index (χ3n) is 4.19. The van der Waals surface area contributed by atoms with Crippen LogP contribution < -0.4 is 0 Å². The van der Waals surface area contributed by atoms with Crippen molar-refractivity contribution in [1.29, 1.82) is 0 Å². The van der Waals surface area contributed by atoms with Crippen molar-refractivity contribution in [3.63, 3.8) is 0 Å². The smallest absolute Gasteiger partial charge is 0.234 e. The van der Waals surface area contributed by atoms with Crippen molar-refractivity contribution in [1.82, 2.24) is 23.9 Å². The van der Waals surface area contributed by atoms with Gasteiger partial charge in [0.1, 0.15) is 17.2 Å². The van der Waals surface area contributed by atoms with Gasteiger partial charge in [0.15, 0.2) is 0 Å². The van der Waals surface area contributed by atoms with E-state index in [1.54, 1.807) is 0 Å². The molecule has 3 rings (SSSR count). The minimum absolute atomic E-state index is 0.494. The molecule has 0 amide bonds. The fourth-order valence-electron chi connectivity index (χ4n) is 2.70. The number of hydrogen-bond acceptors (Lipinski definition) is 4. The highest BCUT2D eigenvalue weighted by molar-refractivity contribution is 9.10. The van der Waals surface area contributed by atoms with Crippen LogP contribution in [0.5, 0.6) is 0 Å². The van der Waals surface area contributed by atoms with Gasteiger partial charge in [0.2, 0.25) is 5.78 Å². The summed E-state index contributed by atoms with van der Waals surface area (Å²) in [4.78, 5) is 13.6. The molecule has 144 valence electrons. The Bertz CT molecular complexity index is 971. The van der Waals surface area contributed by atoms with Crippen LogP contribution in [0, 0.1) is 13.8 Å². The summed E-state index contributed by atoms with van der Waals surface area (Å²) in [5.74, 6) is 1.54. The van der Waals surface area contributed by atoms with Gasteiger partial charge in [0.25, 0.3) is 0 Å². The molecular weight excluding hydrogens is 422 g/mol. The van der Waals surface area contributed by atoms with Crippen LogP contribution in [-0.4, -0.2) is 38.6 Å². The predicted octanol–water partition coefficient (Wildman–Crippen LogP) is 4.79. The number of imidazole rings is 2. The molecule has 0 atom stereocenters. The summed E-state index contributed by atoms with van der Waals surface area (Å²) in [5.41, 5.74) is 2.93. The van der Waals surface area contributed by atoms with Crippen LogP contribution in [0.2, 0.25) is 25.7 Å². The van der Waals surface area contributed by atoms with E-state index < -0.39 is 8.07 Å². The Morgan fingerprint density at radius 1 is 1.11 bits per heavy atom. The molecule has 3 heterocycles. The fourth-order valence-corrected chi connectivity index (χ4v) is 3.89. The van der Waals surface area contributed by atoms with Crippen molar-refractivity contribution in [3.05, 3.63) is 46.0 Å². The van der Waals surface area contributed by atoms with Gasteiger partial charge < -0.3 is 9.30 Å². The maximum Gasteiger partial charge on any atom is 0.234 e. The normalized spacial score (nSPS) is 12.5.